The first-order valence-electron chi connectivity index (χ1n) is 6.31. The minimum atomic E-state index is -0.498. The molecule has 2 heterocycles. The number of esters is 1. The average molecular weight is 336 g/mol. The highest BCUT2D eigenvalue weighted by atomic mass is 32.2. The van der Waals surface area contributed by atoms with Crippen LogP contribution in [0.2, 0.25) is 0 Å². The summed E-state index contributed by atoms with van der Waals surface area (Å²) >= 11 is 2.74. The number of nitrogens with zero attached hydrogens (tertiary/aromatic N) is 3. The Labute approximate surface area is 134 Å². The predicted octanol–water partition coefficient (Wildman–Crippen LogP) is 1.36. The Kier molecular flexibility index (Phi) is 6.12. The lowest BCUT2D eigenvalue weighted by molar-refractivity contribution is -0.145. The topological polar surface area (TPSA) is 105 Å². The largest absolute Gasteiger partial charge is 0.455 e. The van der Waals surface area contributed by atoms with E-state index >= 15 is 0 Å². The maximum Gasteiger partial charge on any atom is 0.316 e. The summed E-state index contributed by atoms with van der Waals surface area (Å²) in [6.07, 6.45) is 1.68. The van der Waals surface area contributed by atoms with E-state index in [0.717, 1.165) is 10.2 Å². The number of carbonyl (C=O) groups is 2. The summed E-state index contributed by atoms with van der Waals surface area (Å²) in [7, 11) is 0. The quantitative estimate of drug-likeness (QED) is 0.352. The minimum absolute atomic E-state index is 0.0629. The van der Waals surface area contributed by atoms with Crippen LogP contribution in [0.1, 0.15) is 6.42 Å². The second kappa shape index (κ2) is 8.31. The van der Waals surface area contributed by atoms with E-state index < -0.39 is 11.9 Å². The van der Waals surface area contributed by atoms with Crippen LogP contribution < -0.4 is 5.32 Å². The summed E-state index contributed by atoms with van der Waals surface area (Å²) in [6, 6.07) is 3.80. The molecule has 0 atom stereocenters. The fourth-order valence-electron chi connectivity index (χ4n) is 1.51. The van der Waals surface area contributed by atoms with Gasteiger partial charge in [0.15, 0.2) is 6.61 Å². The molecule has 2 aromatic rings. The molecular weight excluding hydrogens is 324 g/mol. The van der Waals surface area contributed by atoms with Gasteiger partial charge in [0.2, 0.25) is 0 Å². The Morgan fingerprint density at radius 3 is 3.14 bits per heavy atom. The van der Waals surface area contributed by atoms with Crippen LogP contribution in [0.25, 0.3) is 10.2 Å². The average Bonchev–Trinajstić information content (AvgIpc) is 3.00. The van der Waals surface area contributed by atoms with Crippen molar-refractivity contribution < 1.29 is 14.3 Å². The molecule has 0 fully saturated rings. The van der Waals surface area contributed by atoms with Gasteiger partial charge in [0, 0.05) is 11.9 Å². The first kappa shape index (κ1) is 16.2. The van der Waals surface area contributed by atoms with Crippen molar-refractivity contribution in [2.24, 2.45) is 0 Å². The van der Waals surface area contributed by atoms with Gasteiger partial charge in [-0.1, -0.05) is 11.8 Å². The Morgan fingerprint density at radius 1 is 1.45 bits per heavy atom. The molecule has 0 aliphatic rings. The van der Waals surface area contributed by atoms with Gasteiger partial charge in [-0.3, -0.25) is 9.59 Å². The molecule has 0 aliphatic carbocycles. The third-order valence-electron chi connectivity index (χ3n) is 2.48. The fraction of sp³-hybridized carbons (Fsp3) is 0.308. The van der Waals surface area contributed by atoms with Crippen molar-refractivity contribution in [1.29, 1.82) is 5.26 Å². The lowest BCUT2D eigenvalue weighted by atomic mass is 10.4. The molecule has 0 radical (unpaired) electrons. The molecular formula is C13H12N4O3S2. The maximum atomic E-state index is 11.6. The Bertz CT molecular complexity index is 711. The van der Waals surface area contributed by atoms with Crippen LogP contribution in [-0.4, -0.2) is 40.7 Å². The molecule has 2 rings (SSSR count). The number of amides is 1. The van der Waals surface area contributed by atoms with Crippen LogP contribution in [0.3, 0.4) is 0 Å². The van der Waals surface area contributed by atoms with Crippen molar-refractivity contribution in [1.82, 2.24) is 15.3 Å². The van der Waals surface area contributed by atoms with Crippen molar-refractivity contribution in [3.05, 3.63) is 17.8 Å². The lowest BCUT2D eigenvalue weighted by Crippen LogP contribution is -2.29. The summed E-state index contributed by atoms with van der Waals surface area (Å²) in [6.45, 7) is -0.0961. The van der Waals surface area contributed by atoms with Crippen molar-refractivity contribution >= 4 is 45.2 Å². The van der Waals surface area contributed by atoms with Crippen molar-refractivity contribution in [2.45, 2.75) is 11.4 Å². The molecule has 0 unspecified atom stereocenters. The van der Waals surface area contributed by atoms with Crippen LogP contribution >= 0.6 is 23.1 Å². The number of nitriles is 1. The standard InChI is InChI=1S/C13H12N4O3S2/c14-3-1-4-15-10(18)6-20-11(19)7-22-13-9-2-5-21-12(9)16-8-17-13/h2,5,8H,1,4,6-7H2,(H,15,18). The maximum absolute atomic E-state index is 11.6. The highest BCUT2D eigenvalue weighted by molar-refractivity contribution is 8.00. The summed E-state index contributed by atoms with van der Waals surface area (Å²) in [4.78, 5) is 32.0. The Balaban J connectivity index is 1.75. The summed E-state index contributed by atoms with van der Waals surface area (Å²) in [5, 5.41) is 14.3. The summed E-state index contributed by atoms with van der Waals surface area (Å²) < 4.78 is 4.85. The zero-order chi connectivity index (χ0) is 15.8. The normalized spacial score (nSPS) is 10.1. The third-order valence-corrected chi connectivity index (χ3v) is 4.27. The number of thiophene rings is 1. The number of rotatable bonds is 7. The number of hydrogen-bond acceptors (Lipinski definition) is 8. The molecule has 9 heteroatoms. The predicted molar refractivity (Wildman–Crippen MR) is 82.3 cm³/mol. The van der Waals surface area contributed by atoms with Gasteiger partial charge in [0.1, 0.15) is 16.2 Å². The van der Waals surface area contributed by atoms with Gasteiger partial charge in [-0.2, -0.15) is 5.26 Å². The number of ether oxygens (including phenoxy) is 1. The van der Waals surface area contributed by atoms with Gasteiger partial charge in [0.25, 0.3) is 5.91 Å². The lowest BCUT2D eigenvalue weighted by Gasteiger charge is -2.05. The molecule has 1 N–H and O–H groups in total. The first-order chi connectivity index (χ1) is 10.7. The molecule has 7 nitrogen and oxygen atoms in total. The zero-order valence-corrected chi connectivity index (χ0v) is 13.1. The Morgan fingerprint density at radius 2 is 2.32 bits per heavy atom. The molecule has 22 heavy (non-hydrogen) atoms. The Hall–Kier alpha value is -2.18. The van der Waals surface area contributed by atoms with E-state index in [9.17, 15) is 9.59 Å². The number of fused-ring (bicyclic) bond motifs is 1. The van der Waals surface area contributed by atoms with Crippen LogP contribution in [0, 0.1) is 11.3 Å². The van der Waals surface area contributed by atoms with Crippen LogP contribution in [0.4, 0.5) is 0 Å². The number of thioether (sulfide) groups is 1. The number of nitrogens with one attached hydrogen (secondary N) is 1. The van der Waals surface area contributed by atoms with E-state index in [2.05, 4.69) is 15.3 Å². The fourth-order valence-corrected chi connectivity index (χ4v) is 3.08. The molecule has 2 aromatic heterocycles. The van der Waals surface area contributed by atoms with E-state index in [-0.39, 0.29) is 25.3 Å². The van der Waals surface area contributed by atoms with Crippen molar-refractivity contribution in [2.75, 3.05) is 18.9 Å². The molecule has 0 saturated carbocycles. The van der Waals surface area contributed by atoms with E-state index in [1.54, 1.807) is 0 Å². The van der Waals surface area contributed by atoms with Crippen LogP contribution in [0.15, 0.2) is 22.8 Å². The van der Waals surface area contributed by atoms with Gasteiger partial charge < -0.3 is 10.1 Å². The second-order valence-electron chi connectivity index (χ2n) is 4.03. The minimum Gasteiger partial charge on any atom is -0.455 e. The second-order valence-corrected chi connectivity index (χ2v) is 5.88. The van der Waals surface area contributed by atoms with E-state index in [1.165, 1.54) is 29.4 Å². The molecule has 0 bridgehead atoms. The molecule has 1 amide bonds. The van der Waals surface area contributed by atoms with Gasteiger partial charge in [-0.05, 0) is 11.4 Å². The monoisotopic (exact) mass is 336 g/mol. The smallest absolute Gasteiger partial charge is 0.316 e. The van der Waals surface area contributed by atoms with E-state index in [1.807, 2.05) is 17.5 Å². The molecule has 0 aliphatic heterocycles. The van der Waals surface area contributed by atoms with Gasteiger partial charge in [-0.15, -0.1) is 11.3 Å². The number of hydrogen-bond donors (Lipinski definition) is 1. The third kappa shape index (κ3) is 4.68. The van der Waals surface area contributed by atoms with Crippen LogP contribution in [0.5, 0.6) is 0 Å². The zero-order valence-electron chi connectivity index (χ0n) is 11.4. The highest BCUT2D eigenvalue weighted by Crippen LogP contribution is 2.27. The van der Waals surface area contributed by atoms with Gasteiger partial charge in [0.05, 0.1) is 18.2 Å². The summed E-state index contributed by atoms with van der Waals surface area (Å²) in [5.41, 5.74) is 0. The van der Waals surface area contributed by atoms with Gasteiger partial charge in [-0.25, -0.2) is 9.97 Å². The van der Waals surface area contributed by atoms with Crippen molar-refractivity contribution in [3.63, 3.8) is 0 Å². The SMILES string of the molecule is N#CCCNC(=O)COC(=O)CSc1ncnc2sccc12. The van der Waals surface area contributed by atoms with E-state index in [4.69, 9.17) is 10.00 Å². The van der Waals surface area contributed by atoms with Gasteiger partial charge >= 0.3 is 5.97 Å². The summed E-state index contributed by atoms with van der Waals surface area (Å²) in [5.74, 6) is -0.855. The van der Waals surface area contributed by atoms with Crippen molar-refractivity contribution in [3.8, 4) is 6.07 Å². The molecule has 114 valence electrons. The number of aromatic nitrogens is 2. The molecule has 0 saturated heterocycles. The van der Waals surface area contributed by atoms with Crippen LogP contribution in [-0.2, 0) is 14.3 Å². The highest BCUT2D eigenvalue weighted by Gasteiger charge is 2.11. The number of carbonyl (C=O) groups excluding carboxylic acids is 2. The molecule has 0 aromatic carbocycles. The molecule has 0 spiro atoms. The first-order valence-corrected chi connectivity index (χ1v) is 8.17. The van der Waals surface area contributed by atoms with E-state index in [0.29, 0.717) is 5.03 Å².